The molecule has 0 bridgehead atoms. The van der Waals surface area contributed by atoms with Crippen molar-refractivity contribution in [3.8, 4) is 0 Å². The fourth-order valence-corrected chi connectivity index (χ4v) is 4.75. The normalized spacial score (nSPS) is 16.4. The molecule has 0 aliphatic carbocycles. The Hall–Kier alpha value is -4.11. The van der Waals surface area contributed by atoms with Gasteiger partial charge < -0.3 is 49.1 Å². The molecule has 1 saturated heterocycles. The molecule has 1 aliphatic rings. The first-order valence-corrected chi connectivity index (χ1v) is 18.2. The van der Waals surface area contributed by atoms with Crippen LogP contribution in [0.4, 0.5) is 11.4 Å². The molecule has 0 aromatic heterocycles. The van der Waals surface area contributed by atoms with E-state index in [0.29, 0.717) is 36.1 Å². The Labute approximate surface area is 312 Å². The van der Waals surface area contributed by atoms with Crippen molar-refractivity contribution < 1.29 is 15.0 Å². The summed E-state index contributed by atoms with van der Waals surface area (Å²) in [6, 6.07) is 13.4. The van der Waals surface area contributed by atoms with E-state index in [9.17, 15) is 4.79 Å². The summed E-state index contributed by atoms with van der Waals surface area (Å²) >= 11 is 11.7. The molecule has 0 radical (unpaired) electrons. The third-order valence-electron chi connectivity index (χ3n) is 7.23. The maximum Gasteiger partial charge on any atom is 0.323 e. The number of anilines is 2. The number of unbranched alkanes of at least 4 members (excludes halogenated alkanes) is 8. The van der Waals surface area contributed by atoms with E-state index in [2.05, 4.69) is 49.8 Å². The lowest BCUT2D eigenvalue weighted by molar-refractivity contribution is -0.141. The van der Waals surface area contributed by atoms with Crippen LogP contribution >= 0.6 is 23.2 Å². The summed E-state index contributed by atoms with van der Waals surface area (Å²) in [6.45, 7) is 6.23. The monoisotopic (exact) mass is 749 g/mol. The number of halogens is 2. The molecule has 13 N–H and O–H groups in total. The first kappa shape index (κ1) is 44.9. The van der Waals surface area contributed by atoms with Crippen LogP contribution in [0.25, 0.3) is 0 Å². The zero-order valence-corrected chi connectivity index (χ0v) is 31.3. The highest BCUT2D eigenvalue weighted by molar-refractivity contribution is 6.31. The van der Waals surface area contributed by atoms with Crippen LogP contribution in [0.5, 0.6) is 0 Å². The zero-order valence-electron chi connectivity index (χ0n) is 29.8. The minimum absolute atomic E-state index is 0.124. The molecule has 0 amide bonds. The molecule has 1 fully saturated rings. The number of carboxylic acids is 1. The standard InChI is InChI=1S/C22H30Cl2N10.C8H18.C5H9NO3/c23-15-5-9-17(10-6-15)31-21(27)33-19(25)29-13-3-1-2-4-14-30-20(26)34-22(28)32-18-11-7-16(24)8-12-18;1-3-5-7-8-6-4-2;7-3-1-2-6-4(3)5(8)9/h5-12H,1-4,13-14H2,(H5,25,27,29,31,33)(H5,26,28,30,32,34);3-8H2,1-2H3;3-4,6-7H,1-2H2,(H,8,9)/t;;3?,4-/m..0/s1. The number of aliphatic hydroxyl groups is 1. The smallest absolute Gasteiger partial charge is 0.323 e. The van der Waals surface area contributed by atoms with Gasteiger partial charge in [0.05, 0.1) is 6.10 Å². The Kier molecular flexibility index (Phi) is 24.3. The predicted octanol–water partition coefficient (Wildman–Crippen LogP) is 5.50. The lowest BCUT2D eigenvalue weighted by Gasteiger charge is -2.06. The van der Waals surface area contributed by atoms with E-state index >= 15 is 0 Å². The quantitative estimate of drug-likeness (QED) is 0.0629. The lowest BCUT2D eigenvalue weighted by Crippen LogP contribution is -2.38. The largest absolute Gasteiger partial charge is 0.480 e. The SMILES string of the molecule is CCCCCCCC.NC(=NCCCCCCN=C(N)N=C(N)Nc1ccc(Cl)cc1)N=C(N)Nc1ccc(Cl)cc1.O=C(O)[C@H]1NCCC1O. The van der Waals surface area contributed by atoms with E-state index in [4.69, 9.17) is 56.3 Å². The number of nitrogens with two attached hydrogens (primary N) is 4. The molecule has 3 rings (SSSR count). The van der Waals surface area contributed by atoms with Gasteiger partial charge in [0.25, 0.3) is 0 Å². The van der Waals surface area contributed by atoms with Gasteiger partial charge in [0.15, 0.2) is 0 Å². The fraction of sp³-hybridized carbons (Fsp3) is 0.514. The average Bonchev–Trinajstić information content (AvgIpc) is 3.53. The molecular formula is C35H57Cl2N11O3. The average molecular weight is 751 g/mol. The third kappa shape index (κ3) is 23.1. The zero-order chi connectivity index (χ0) is 37.9. The van der Waals surface area contributed by atoms with Crippen LogP contribution in [-0.2, 0) is 4.79 Å². The van der Waals surface area contributed by atoms with Crippen LogP contribution in [0.2, 0.25) is 10.0 Å². The molecule has 51 heavy (non-hydrogen) atoms. The van der Waals surface area contributed by atoms with Crippen molar-refractivity contribution in [2.45, 2.75) is 96.6 Å². The van der Waals surface area contributed by atoms with Gasteiger partial charge in [-0.25, -0.2) is 0 Å². The molecule has 1 unspecified atom stereocenters. The number of benzene rings is 2. The van der Waals surface area contributed by atoms with Crippen LogP contribution in [0.15, 0.2) is 68.5 Å². The number of carboxylic acid groups (broad SMARTS) is 1. The van der Waals surface area contributed by atoms with Crippen molar-refractivity contribution >= 4 is 64.4 Å². The second kappa shape index (κ2) is 27.6. The Morgan fingerprint density at radius 2 is 1.12 bits per heavy atom. The first-order valence-electron chi connectivity index (χ1n) is 17.4. The van der Waals surface area contributed by atoms with E-state index < -0.39 is 18.1 Å². The summed E-state index contributed by atoms with van der Waals surface area (Å²) in [5, 5.41) is 27.0. The molecule has 0 spiro atoms. The van der Waals surface area contributed by atoms with Gasteiger partial charge in [0.1, 0.15) is 6.04 Å². The summed E-state index contributed by atoms with van der Waals surface area (Å²) in [5.41, 5.74) is 24.8. The molecule has 14 nitrogen and oxygen atoms in total. The van der Waals surface area contributed by atoms with Crippen LogP contribution in [0, 0.1) is 0 Å². The molecule has 2 atom stereocenters. The van der Waals surface area contributed by atoms with Crippen molar-refractivity contribution in [1.29, 1.82) is 0 Å². The van der Waals surface area contributed by atoms with Gasteiger partial charge in [0, 0.05) is 34.5 Å². The minimum atomic E-state index is -0.972. The van der Waals surface area contributed by atoms with Crippen molar-refractivity contribution in [2.24, 2.45) is 42.9 Å². The molecular weight excluding hydrogens is 693 g/mol. The molecule has 284 valence electrons. The van der Waals surface area contributed by atoms with E-state index in [1.54, 1.807) is 48.5 Å². The highest BCUT2D eigenvalue weighted by atomic mass is 35.5. The van der Waals surface area contributed by atoms with Gasteiger partial charge in [-0.15, -0.1) is 0 Å². The first-order chi connectivity index (χ1) is 24.4. The van der Waals surface area contributed by atoms with Gasteiger partial charge >= 0.3 is 5.97 Å². The Bertz CT molecular complexity index is 1280. The Morgan fingerprint density at radius 3 is 1.43 bits per heavy atom. The molecule has 2 aromatic carbocycles. The van der Waals surface area contributed by atoms with E-state index in [-0.39, 0.29) is 23.8 Å². The van der Waals surface area contributed by atoms with Crippen LogP contribution in [0.3, 0.4) is 0 Å². The minimum Gasteiger partial charge on any atom is -0.480 e. The van der Waals surface area contributed by atoms with E-state index in [0.717, 1.165) is 37.1 Å². The topological polar surface area (TPSA) is 247 Å². The number of nitrogens with one attached hydrogen (secondary N) is 3. The number of aliphatic imine (C=N–C) groups is 4. The number of aliphatic carboxylic acids is 1. The second-order valence-corrected chi connectivity index (χ2v) is 12.6. The van der Waals surface area contributed by atoms with Crippen molar-refractivity contribution in [1.82, 2.24) is 5.32 Å². The second-order valence-electron chi connectivity index (χ2n) is 11.7. The van der Waals surface area contributed by atoms with Crippen molar-refractivity contribution in [3.63, 3.8) is 0 Å². The summed E-state index contributed by atoms with van der Waals surface area (Å²) in [6.07, 6.45) is 12.0. The molecule has 0 saturated carbocycles. The lowest BCUT2D eigenvalue weighted by atomic mass is 10.1. The Morgan fingerprint density at radius 1 is 0.725 bits per heavy atom. The number of nitrogens with zero attached hydrogens (tertiary/aromatic N) is 4. The number of rotatable bonds is 15. The maximum atomic E-state index is 10.2. The number of guanidine groups is 4. The highest BCUT2D eigenvalue weighted by Crippen LogP contribution is 2.14. The molecule has 2 aromatic rings. The van der Waals surface area contributed by atoms with Crippen LogP contribution in [-0.4, -0.2) is 71.8 Å². The predicted molar refractivity (Wildman–Crippen MR) is 214 cm³/mol. The maximum absolute atomic E-state index is 10.2. The number of carbonyl (C=O) groups is 1. The summed E-state index contributed by atoms with van der Waals surface area (Å²) in [5.74, 6) is -0.408. The van der Waals surface area contributed by atoms with Crippen molar-refractivity contribution in [3.05, 3.63) is 58.6 Å². The number of hydrogen-bond donors (Lipinski definition) is 9. The number of aliphatic hydroxyl groups excluding tert-OH is 1. The number of hydrogen-bond acceptors (Lipinski definition) is 5. The Balaban J connectivity index is 0.000000621. The van der Waals surface area contributed by atoms with Gasteiger partial charge in [-0.3, -0.25) is 14.8 Å². The molecule has 16 heteroatoms. The van der Waals surface area contributed by atoms with Gasteiger partial charge in [-0.05, 0) is 74.3 Å². The summed E-state index contributed by atoms with van der Waals surface area (Å²) in [7, 11) is 0. The van der Waals surface area contributed by atoms with E-state index in [1.165, 1.54) is 38.5 Å². The summed E-state index contributed by atoms with van der Waals surface area (Å²) < 4.78 is 0. The van der Waals surface area contributed by atoms with E-state index in [1.807, 2.05) is 0 Å². The molecule has 1 heterocycles. The fourth-order valence-electron chi connectivity index (χ4n) is 4.49. The van der Waals surface area contributed by atoms with Crippen molar-refractivity contribution in [2.75, 3.05) is 30.3 Å². The summed E-state index contributed by atoms with van der Waals surface area (Å²) in [4.78, 5) is 26.7. The van der Waals surface area contributed by atoms with Gasteiger partial charge in [-0.1, -0.05) is 88.4 Å². The molecule has 1 aliphatic heterocycles. The highest BCUT2D eigenvalue weighted by Gasteiger charge is 2.30. The van der Waals surface area contributed by atoms with Crippen LogP contribution < -0.4 is 38.9 Å². The third-order valence-corrected chi connectivity index (χ3v) is 7.73. The van der Waals surface area contributed by atoms with Gasteiger partial charge in [-0.2, -0.15) is 9.98 Å². The van der Waals surface area contributed by atoms with Gasteiger partial charge in [0.2, 0.25) is 23.8 Å². The van der Waals surface area contributed by atoms with Crippen LogP contribution in [0.1, 0.15) is 84.5 Å².